The first kappa shape index (κ1) is 21.2. The van der Waals surface area contributed by atoms with Crippen molar-refractivity contribution in [1.29, 1.82) is 0 Å². The largest absolute Gasteiger partial charge is 0.337 e. The molecule has 0 atom stereocenters. The molecule has 0 spiro atoms. The number of nitrogens with zero attached hydrogens (tertiary/aromatic N) is 3. The summed E-state index contributed by atoms with van der Waals surface area (Å²) < 4.78 is 5.94. The van der Waals surface area contributed by atoms with Crippen LogP contribution in [0.15, 0.2) is 69.8 Å². The lowest BCUT2D eigenvalue weighted by Gasteiger charge is -2.12. The van der Waals surface area contributed by atoms with Gasteiger partial charge in [0.1, 0.15) is 14.2 Å². The maximum absolute atomic E-state index is 13.4. The zero-order valence-electron chi connectivity index (χ0n) is 18.2. The molecule has 1 aliphatic rings. The van der Waals surface area contributed by atoms with Crippen LogP contribution >= 0.6 is 34.4 Å². The zero-order chi connectivity index (χ0) is 22.2. The summed E-state index contributed by atoms with van der Waals surface area (Å²) >= 11 is 5.00. The van der Waals surface area contributed by atoms with Gasteiger partial charge in [-0.1, -0.05) is 65.6 Å². The highest BCUT2D eigenvalue weighted by molar-refractivity contribution is 8.08. The summed E-state index contributed by atoms with van der Waals surface area (Å²) in [6, 6.07) is 16.8. The summed E-state index contributed by atoms with van der Waals surface area (Å²) in [5, 5.41) is 4.27. The molecule has 0 N–H and O–H groups in total. The van der Waals surface area contributed by atoms with Gasteiger partial charge in [-0.2, -0.15) is 4.57 Å². The Morgan fingerprint density at radius 1 is 1.09 bits per heavy atom. The topological polar surface area (TPSA) is 29.1 Å². The summed E-state index contributed by atoms with van der Waals surface area (Å²) in [6.45, 7) is 5.63. The molecule has 1 aliphatic heterocycles. The molecule has 0 radical (unpaired) electrons. The van der Waals surface area contributed by atoms with E-state index in [1.54, 1.807) is 34.4 Å². The highest BCUT2D eigenvalue weighted by Gasteiger charge is 2.26. The predicted molar refractivity (Wildman–Crippen MR) is 136 cm³/mol. The molecule has 0 bridgehead atoms. The number of benzene rings is 2. The van der Waals surface area contributed by atoms with Crippen LogP contribution in [0.5, 0.6) is 0 Å². The Morgan fingerprint density at radius 2 is 1.91 bits per heavy atom. The van der Waals surface area contributed by atoms with Gasteiger partial charge in [-0.25, -0.2) is 0 Å². The van der Waals surface area contributed by atoms with Crippen molar-refractivity contribution in [1.82, 2.24) is 4.57 Å². The van der Waals surface area contributed by atoms with E-state index < -0.39 is 0 Å². The number of anilines is 1. The van der Waals surface area contributed by atoms with Crippen LogP contribution in [-0.4, -0.2) is 11.6 Å². The molecule has 5 rings (SSSR count). The van der Waals surface area contributed by atoms with Crippen molar-refractivity contribution in [3.8, 4) is 0 Å². The maximum Gasteiger partial charge on any atom is 0.271 e. The molecule has 2 aromatic heterocycles. The van der Waals surface area contributed by atoms with Gasteiger partial charge in [-0.15, -0.1) is 11.3 Å². The molecule has 0 saturated heterocycles. The molecular formula is C25H24N3OS3+. The van der Waals surface area contributed by atoms with Gasteiger partial charge in [0, 0.05) is 24.1 Å². The highest BCUT2D eigenvalue weighted by Crippen LogP contribution is 2.46. The molecule has 0 fully saturated rings. The second-order valence-electron chi connectivity index (χ2n) is 7.71. The fourth-order valence-electron chi connectivity index (χ4n) is 3.92. The van der Waals surface area contributed by atoms with Crippen LogP contribution in [0.25, 0.3) is 11.1 Å². The SMILES string of the molecule is CCn1c(=O)/c(=C2\Sc3c(C)cccc3N2C)s/c1=C\c1scc[n+]1Cc1ccccc1. The van der Waals surface area contributed by atoms with E-state index in [4.69, 9.17) is 0 Å². The Balaban J connectivity index is 1.62. The molecule has 0 saturated carbocycles. The van der Waals surface area contributed by atoms with E-state index >= 15 is 0 Å². The Labute approximate surface area is 199 Å². The third-order valence-corrected chi connectivity index (χ3v) is 9.14. The third-order valence-electron chi connectivity index (χ3n) is 5.63. The molecule has 0 aliphatic carbocycles. The third kappa shape index (κ3) is 3.74. The van der Waals surface area contributed by atoms with E-state index in [1.165, 1.54) is 21.7 Å². The van der Waals surface area contributed by atoms with Crippen LogP contribution in [0.4, 0.5) is 5.69 Å². The molecule has 4 aromatic rings. The van der Waals surface area contributed by atoms with Gasteiger partial charge in [-0.05, 0) is 25.5 Å². The van der Waals surface area contributed by atoms with E-state index in [0.29, 0.717) is 6.54 Å². The molecule has 3 heterocycles. The van der Waals surface area contributed by atoms with E-state index in [1.807, 2.05) is 17.6 Å². The van der Waals surface area contributed by atoms with E-state index in [0.717, 1.165) is 25.8 Å². The van der Waals surface area contributed by atoms with Crippen LogP contribution in [0.1, 0.15) is 23.1 Å². The lowest BCUT2D eigenvalue weighted by Crippen LogP contribution is -2.36. The minimum absolute atomic E-state index is 0.0923. The second-order valence-corrected chi connectivity index (χ2v) is 10.7. The summed E-state index contributed by atoms with van der Waals surface area (Å²) in [5.74, 6) is 0. The van der Waals surface area contributed by atoms with Crippen LogP contribution in [0.3, 0.4) is 0 Å². The molecule has 2 aromatic carbocycles. The molecule has 0 unspecified atom stereocenters. The van der Waals surface area contributed by atoms with Crippen LogP contribution in [0.2, 0.25) is 0 Å². The number of hydrogen-bond donors (Lipinski definition) is 0. The van der Waals surface area contributed by atoms with Gasteiger partial charge in [0.2, 0.25) is 0 Å². The second kappa shape index (κ2) is 8.73. The van der Waals surface area contributed by atoms with Crippen molar-refractivity contribution < 1.29 is 4.57 Å². The van der Waals surface area contributed by atoms with Crippen LogP contribution in [0, 0.1) is 6.92 Å². The number of aryl methyl sites for hydroxylation is 1. The molecule has 32 heavy (non-hydrogen) atoms. The highest BCUT2D eigenvalue weighted by atomic mass is 32.2. The quantitative estimate of drug-likeness (QED) is 0.418. The van der Waals surface area contributed by atoms with Crippen molar-refractivity contribution in [3.63, 3.8) is 0 Å². The first-order valence-corrected chi connectivity index (χ1v) is 13.1. The maximum atomic E-state index is 13.4. The summed E-state index contributed by atoms with van der Waals surface area (Å²) in [6.07, 6.45) is 4.27. The van der Waals surface area contributed by atoms with Crippen molar-refractivity contribution >= 4 is 51.2 Å². The number of thiazole rings is 2. The van der Waals surface area contributed by atoms with Gasteiger partial charge < -0.3 is 4.90 Å². The lowest BCUT2D eigenvalue weighted by atomic mass is 10.2. The number of rotatable bonds is 4. The summed E-state index contributed by atoms with van der Waals surface area (Å²) in [5.41, 5.74) is 3.77. The minimum atomic E-state index is 0.0923. The predicted octanol–water partition coefficient (Wildman–Crippen LogP) is 3.77. The molecule has 7 heteroatoms. The van der Waals surface area contributed by atoms with Crippen molar-refractivity contribution in [2.24, 2.45) is 0 Å². The van der Waals surface area contributed by atoms with E-state index in [2.05, 4.69) is 83.6 Å². The van der Waals surface area contributed by atoms with E-state index in [9.17, 15) is 4.79 Å². The van der Waals surface area contributed by atoms with Crippen molar-refractivity contribution in [2.45, 2.75) is 31.8 Å². The number of fused-ring (bicyclic) bond motifs is 1. The minimum Gasteiger partial charge on any atom is -0.337 e. The average molecular weight is 479 g/mol. The first-order chi connectivity index (χ1) is 15.6. The molecule has 162 valence electrons. The van der Waals surface area contributed by atoms with Crippen molar-refractivity contribution in [2.75, 3.05) is 11.9 Å². The van der Waals surface area contributed by atoms with Gasteiger partial charge in [-0.3, -0.25) is 9.36 Å². The van der Waals surface area contributed by atoms with Crippen LogP contribution < -0.4 is 24.2 Å². The number of thioether (sulfide) groups is 1. The van der Waals surface area contributed by atoms with Crippen LogP contribution in [-0.2, 0) is 13.1 Å². The first-order valence-electron chi connectivity index (χ1n) is 10.5. The lowest BCUT2D eigenvalue weighted by molar-refractivity contribution is -0.685. The van der Waals surface area contributed by atoms with Crippen molar-refractivity contribution in [3.05, 3.63) is 95.8 Å². The fraction of sp³-hybridized carbons (Fsp3) is 0.200. The Hall–Kier alpha value is -2.61. The number of hydrogen-bond acceptors (Lipinski definition) is 5. The van der Waals surface area contributed by atoms with Gasteiger partial charge in [0.25, 0.3) is 10.6 Å². The standard InChI is InChI=1S/C25H24N3OS3/c1-4-28-21(15-20-27(13-14-30-20)16-18-10-6-5-7-11-18)31-23(24(28)29)25-26(3)19-12-8-9-17(2)22(19)32-25/h5-15H,4,16H2,1-3H3/q+1/b25-23+. The average Bonchev–Trinajstić information content (AvgIpc) is 3.46. The summed E-state index contributed by atoms with van der Waals surface area (Å²) in [7, 11) is 2.06. The van der Waals surface area contributed by atoms with Gasteiger partial charge in [0.15, 0.2) is 12.7 Å². The van der Waals surface area contributed by atoms with E-state index in [-0.39, 0.29) is 5.56 Å². The van der Waals surface area contributed by atoms with Gasteiger partial charge in [0.05, 0.1) is 17.1 Å². The fourth-order valence-corrected chi connectivity index (χ4v) is 7.31. The smallest absolute Gasteiger partial charge is 0.271 e. The molecule has 4 nitrogen and oxygen atoms in total. The zero-order valence-corrected chi connectivity index (χ0v) is 20.7. The molecule has 0 amide bonds. The summed E-state index contributed by atoms with van der Waals surface area (Å²) in [4.78, 5) is 16.8. The number of aromatic nitrogens is 2. The molecular weight excluding hydrogens is 454 g/mol. The Morgan fingerprint density at radius 3 is 2.66 bits per heavy atom. The monoisotopic (exact) mass is 478 g/mol. The normalized spacial score (nSPS) is 15.5. The Bertz CT molecular complexity index is 1460. The Kier molecular flexibility index (Phi) is 5.80. The van der Waals surface area contributed by atoms with Gasteiger partial charge >= 0.3 is 0 Å².